The van der Waals surface area contributed by atoms with Crippen molar-refractivity contribution < 1.29 is 36.9 Å². The summed E-state index contributed by atoms with van der Waals surface area (Å²) in [7, 11) is 1.25. The van der Waals surface area contributed by atoms with Gasteiger partial charge in [-0.3, -0.25) is 9.59 Å². The molecule has 26 heavy (non-hydrogen) atoms. The van der Waals surface area contributed by atoms with Crippen molar-refractivity contribution in [1.29, 1.82) is 0 Å². The number of rotatable bonds is 6. The monoisotopic (exact) mass is 392 g/mol. The number of hydrogen-bond donors (Lipinski definition) is 4. The van der Waals surface area contributed by atoms with Gasteiger partial charge in [0.2, 0.25) is 0 Å². The minimum Gasteiger partial charge on any atom is -0.481 e. The van der Waals surface area contributed by atoms with Gasteiger partial charge in [0, 0.05) is 20.1 Å². The zero-order chi connectivity index (χ0) is 26.0. The van der Waals surface area contributed by atoms with E-state index in [1.807, 2.05) is 13.8 Å². The van der Waals surface area contributed by atoms with E-state index in [0.717, 1.165) is 0 Å². The number of hydrogen-bond acceptors (Lipinski definition) is 4. The summed E-state index contributed by atoms with van der Waals surface area (Å²) < 4.78 is 32.7. The highest BCUT2D eigenvalue weighted by molar-refractivity contribution is 5.77. The van der Waals surface area contributed by atoms with Crippen LogP contribution in [0.1, 0.15) is 89.3 Å². The molecule has 2 atom stereocenters. The summed E-state index contributed by atoms with van der Waals surface area (Å²) in [6.07, 6.45) is 0.0683. The van der Waals surface area contributed by atoms with Gasteiger partial charge in [0.05, 0.1) is 12.3 Å². The lowest BCUT2D eigenvalue weighted by Crippen LogP contribution is -2.13. The molecule has 0 aromatic heterocycles. The Morgan fingerprint density at radius 2 is 1.54 bits per heavy atom. The van der Waals surface area contributed by atoms with Gasteiger partial charge in [0.15, 0.2) is 0 Å². The molecule has 0 aromatic rings. The normalized spacial score (nSPS) is 14.1. The van der Waals surface area contributed by atoms with Gasteiger partial charge in [-0.15, -0.1) is 0 Å². The van der Waals surface area contributed by atoms with Crippen molar-refractivity contribution >= 4 is 11.9 Å². The Kier molecular flexibility index (Phi) is 19.3. The van der Waals surface area contributed by atoms with Crippen LogP contribution < -0.4 is 0 Å². The maximum atomic E-state index is 10.1. The van der Waals surface area contributed by atoms with Crippen molar-refractivity contribution in [2.45, 2.75) is 82.5 Å². The predicted molar refractivity (Wildman–Crippen MR) is 109 cm³/mol. The van der Waals surface area contributed by atoms with E-state index < -0.39 is 24.3 Å². The molecule has 2 unspecified atom stereocenters. The number of carboxylic acids is 2. The zero-order valence-corrected chi connectivity index (χ0v) is 17.5. The second kappa shape index (κ2) is 21.9. The molecule has 6 heteroatoms. The molecule has 0 aliphatic heterocycles. The highest BCUT2D eigenvalue weighted by Crippen LogP contribution is 2.08. The molecule has 0 spiro atoms. The number of aliphatic hydroxyl groups is 2. The van der Waals surface area contributed by atoms with Crippen LogP contribution in [0.5, 0.6) is 0 Å². The van der Waals surface area contributed by atoms with E-state index in [2.05, 4.69) is 20.8 Å². The highest BCUT2D eigenvalue weighted by Gasteiger charge is 2.13. The molecular weight excluding hydrogens is 336 g/mol. The van der Waals surface area contributed by atoms with Gasteiger partial charge in [0.25, 0.3) is 0 Å². The minimum atomic E-state index is -1.22. The van der Waals surface area contributed by atoms with Gasteiger partial charge in [-0.1, -0.05) is 69.6 Å². The molecule has 6 nitrogen and oxygen atoms in total. The van der Waals surface area contributed by atoms with Crippen LogP contribution in [0.2, 0.25) is 0 Å². The molecule has 0 bridgehead atoms. The van der Waals surface area contributed by atoms with E-state index in [1.54, 1.807) is 0 Å². The maximum absolute atomic E-state index is 10.1. The number of carboxylic acid groups (broad SMARTS) is 2. The van der Waals surface area contributed by atoms with Crippen molar-refractivity contribution in [2.75, 3.05) is 13.2 Å². The van der Waals surface area contributed by atoms with Crippen molar-refractivity contribution in [3.63, 3.8) is 0 Å². The molecule has 0 saturated carbocycles. The lowest BCUT2D eigenvalue weighted by molar-refractivity contribution is -0.147. The number of aliphatic carboxylic acids is 2. The van der Waals surface area contributed by atoms with Crippen LogP contribution in [0.3, 0.4) is 0 Å². The fourth-order valence-electron chi connectivity index (χ4n) is 0.572. The first-order valence-corrected chi connectivity index (χ1v) is 8.09. The van der Waals surface area contributed by atoms with Gasteiger partial charge < -0.3 is 20.4 Å². The quantitative estimate of drug-likeness (QED) is 0.528. The third kappa shape index (κ3) is 77.7. The Balaban J connectivity index is -0.0000000972. The zero-order valence-electron chi connectivity index (χ0n) is 22.5. The van der Waals surface area contributed by atoms with Crippen molar-refractivity contribution in [1.82, 2.24) is 0 Å². The van der Waals surface area contributed by atoms with E-state index >= 15 is 0 Å². The van der Waals surface area contributed by atoms with Crippen LogP contribution in [0.4, 0.5) is 0 Å². The van der Waals surface area contributed by atoms with E-state index in [-0.39, 0.29) is 38.3 Å². The lowest BCUT2D eigenvalue weighted by Gasteiger charge is -2.05. The molecular formula is C20H46O6. The van der Waals surface area contributed by atoms with Gasteiger partial charge >= 0.3 is 11.9 Å². The highest BCUT2D eigenvalue weighted by atomic mass is 16.4. The van der Waals surface area contributed by atoms with E-state index in [9.17, 15) is 9.59 Å². The third-order valence-electron chi connectivity index (χ3n) is 1.57. The molecule has 0 radical (unpaired) electrons. The molecule has 4 N–H and O–H groups in total. The second-order valence-corrected chi connectivity index (χ2v) is 7.15. The fourth-order valence-corrected chi connectivity index (χ4v) is 0.572. The van der Waals surface area contributed by atoms with Gasteiger partial charge in [-0.05, 0) is 23.7 Å². The molecule has 0 rings (SSSR count). The third-order valence-corrected chi connectivity index (χ3v) is 1.57. The van der Waals surface area contributed by atoms with Crippen LogP contribution in [-0.2, 0) is 9.59 Å². The van der Waals surface area contributed by atoms with E-state index in [0.29, 0.717) is 26.1 Å². The summed E-state index contributed by atoms with van der Waals surface area (Å²) in [6, 6.07) is 0. The molecule has 0 fully saturated rings. The Labute approximate surface area is 168 Å². The summed E-state index contributed by atoms with van der Waals surface area (Å²) in [5, 5.41) is 33.1. The topological polar surface area (TPSA) is 115 Å². The second-order valence-electron chi connectivity index (χ2n) is 7.15. The van der Waals surface area contributed by atoms with Gasteiger partial charge in [-0.25, -0.2) is 0 Å². The first kappa shape index (κ1) is 22.9. The Bertz CT molecular complexity index is 376. The Morgan fingerprint density at radius 3 is 1.62 bits per heavy atom. The van der Waals surface area contributed by atoms with Crippen molar-refractivity contribution in [3.8, 4) is 0 Å². The number of aliphatic hydroxyl groups excluding tert-OH is 2. The van der Waals surface area contributed by atoms with E-state index in [1.165, 1.54) is 7.40 Å². The minimum absolute atomic E-state index is 0.0179. The summed E-state index contributed by atoms with van der Waals surface area (Å²) in [5.41, 5.74) is 0.208. The van der Waals surface area contributed by atoms with Crippen LogP contribution in [0.15, 0.2) is 0 Å². The van der Waals surface area contributed by atoms with Crippen LogP contribution in [0, 0.1) is 23.2 Å². The number of carbonyl (C=O) groups is 2. The fraction of sp³-hybridized carbons (Fsp3) is 0.900. The largest absolute Gasteiger partial charge is 0.481 e. The van der Waals surface area contributed by atoms with Gasteiger partial charge in [0.1, 0.15) is 0 Å². The standard InChI is InChI=1S/C5H8O4.C5H12O2.C5H12.C4H10.CH4/c1-3(5(8)9)2-4(6)7;1-5(4-7)2-3-6;1-5(2,3)4;1-4(2)3;/h3H,2H2,1H3,(H,6,7)(H,8,9);5-7H,2-4H2,1H3;1-4H3;4H,1-3H3;1H4/i5*1T. The average molecular weight is 393 g/mol. The SMILES string of the molecule is [3H]C.[3H]CC(C)(C)C.[3H]CC(C)C.[3H]CC(CC(=O)O)C(=O)O.[3H]CC(CO)CCO. The van der Waals surface area contributed by atoms with Crippen LogP contribution >= 0.6 is 0 Å². The smallest absolute Gasteiger partial charge is 0.306 e. The Hall–Kier alpha value is -1.14. The first-order valence-electron chi connectivity index (χ1n) is 11.9. The summed E-state index contributed by atoms with van der Waals surface area (Å²) in [5.74, 6) is -2.95. The summed E-state index contributed by atoms with van der Waals surface area (Å²) in [6.45, 7) is 11.2. The van der Waals surface area contributed by atoms with Crippen LogP contribution in [0.25, 0.3) is 0 Å². The molecule has 0 saturated heterocycles. The maximum Gasteiger partial charge on any atom is 0.306 e. The Morgan fingerprint density at radius 1 is 1.08 bits per heavy atom. The summed E-state index contributed by atoms with van der Waals surface area (Å²) in [4.78, 5) is 20.0. The molecule has 162 valence electrons. The van der Waals surface area contributed by atoms with Crippen molar-refractivity contribution in [2.24, 2.45) is 23.2 Å². The molecule has 0 heterocycles. The predicted octanol–water partition coefficient (Wildman–Crippen LogP) is 4.53. The molecule has 0 amide bonds. The van der Waals surface area contributed by atoms with E-state index in [4.69, 9.17) is 27.3 Å². The average Bonchev–Trinajstić information content (AvgIpc) is 2.72. The molecule has 0 aliphatic rings. The molecule has 0 aliphatic carbocycles. The summed E-state index contributed by atoms with van der Waals surface area (Å²) >= 11 is 0. The van der Waals surface area contributed by atoms with Crippen LogP contribution in [-0.4, -0.2) is 45.6 Å². The first-order chi connectivity index (χ1) is 14.3. The lowest BCUT2D eigenvalue weighted by atomic mass is 10.0. The van der Waals surface area contributed by atoms with Crippen molar-refractivity contribution in [3.05, 3.63) is 0 Å². The van der Waals surface area contributed by atoms with Gasteiger partial charge in [-0.2, -0.15) is 0 Å². The molecule has 0 aromatic carbocycles.